The lowest BCUT2D eigenvalue weighted by Gasteiger charge is -2.19. The lowest BCUT2D eigenvalue weighted by atomic mass is 10.4. The van der Waals surface area contributed by atoms with Crippen molar-refractivity contribution in [3.05, 3.63) is 60.7 Å². The molecule has 0 bridgehead atoms. The van der Waals surface area contributed by atoms with Gasteiger partial charge in [0.25, 0.3) is 13.1 Å². The second-order valence-electron chi connectivity index (χ2n) is 4.72. The summed E-state index contributed by atoms with van der Waals surface area (Å²) in [6.07, 6.45) is 0. The summed E-state index contributed by atoms with van der Waals surface area (Å²) in [6.45, 7) is -7.19. The predicted octanol–water partition coefficient (Wildman–Crippen LogP) is -1.67. The molecular formula is C6H8F2N8O12. The number of nitrogens with zero attached hydrogens (tertiary/aromatic N) is 8. The van der Waals surface area contributed by atoms with E-state index in [0.29, 0.717) is 0 Å². The Morgan fingerprint density at radius 3 is 0.929 bits per heavy atom. The van der Waals surface area contributed by atoms with E-state index in [1.807, 2.05) is 0 Å². The standard InChI is InChI=1S/C6H8F2N8O12/c7-5(11(17)18,12(19)20)3-9(15(25)26)1-2-10(16(27)28)4-6(8,13(21)22)14(23)24/h1-4H2. The van der Waals surface area contributed by atoms with Crippen molar-refractivity contribution in [1.29, 1.82) is 0 Å². The highest BCUT2D eigenvalue weighted by Gasteiger charge is 2.63. The molecule has 0 rings (SSSR count). The first-order valence-electron chi connectivity index (χ1n) is 6.34. The van der Waals surface area contributed by atoms with Crippen molar-refractivity contribution < 1.29 is 38.5 Å². The zero-order valence-corrected chi connectivity index (χ0v) is 13.1. The highest BCUT2D eigenvalue weighted by molar-refractivity contribution is 4.62. The SMILES string of the molecule is O=[N+]([O-])N(CCN(CC(F)([N+](=O)[O-])[N+](=O)[O-])[N+](=O)[O-])CC(F)([N+](=O)[O-])[N+](=O)[O-]. The van der Waals surface area contributed by atoms with Gasteiger partial charge in [-0.1, -0.05) is 8.78 Å². The zero-order valence-electron chi connectivity index (χ0n) is 13.1. The first-order valence-corrected chi connectivity index (χ1v) is 6.34. The van der Waals surface area contributed by atoms with E-state index in [1.54, 1.807) is 0 Å². The molecule has 0 aromatic heterocycles. The minimum atomic E-state index is -4.60. The van der Waals surface area contributed by atoms with E-state index in [2.05, 4.69) is 0 Å². The monoisotopic (exact) mass is 422 g/mol. The van der Waals surface area contributed by atoms with Gasteiger partial charge < -0.3 is 0 Å². The molecule has 0 radical (unpaired) electrons. The van der Waals surface area contributed by atoms with E-state index in [4.69, 9.17) is 0 Å². The van der Waals surface area contributed by atoms with Crippen LogP contribution >= 0.6 is 0 Å². The molecule has 0 aromatic rings. The fourth-order valence-corrected chi connectivity index (χ4v) is 1.50. The van der Waals surface area contributed by atoms with Crippen LogP contribution < -0.4 is 0 Å². The van der Waals surface area contributed by atoms with Crippen LogP contribution in [0.3, 0.4) is 0 Å². The second-order valence-corrected chi connectivity index (χ2v) is 4.72. The number of alkyl halides is 2. The first kappa shape index (κ1) is 23.9. The number of hydrogen-bond donors (Lipinski definition) is 0. The van der Waals surface area contributed by atoms with E-state index in [0.717, 1.165) is 0 Å². The Morgan fingerprint density at radius 2 is 0.786 bits per heavy atom. The van der Waals surface area contributed by atoms with Gasteiger partial charge >= 0.3 is 11.8 Å². The predicted molar refractivity (Wildman–Crippen MR) is 72.8 cm³/mol. The highest BCUT2D eigenvalue weighted by atomic mass is 19.2. The van der Waals surface area contributed by atoms with Gasteiger partial charge in [0.2, 0.25) is 0 Å². The van der Waals surface area contributed by atoms with E-state index < -0.39 is 77.8 Å². The van der Waals surface area contributed by atoms with Gasteiger partial charge in [-0.25, -0.2) is 20.2 Å². The number of hydrogen-bond acceptors (Lipinski definition) is 12. The van der Waals surface area contributed by atoms with Crippen LogP contribution in [0.5, 0.6) is 0 Å². The van der Waals surface area contributed by atoms with Crippen LogP contribution in [0.1, 0.15) is 0 Å². The topological polar surface area (TPSA) is 265 Å². The summed E-state index contributed by atoms with van der Waals surface area (Å²) in [5.74, 6) is -9.20. The molecule has 20 nitrogen and oxygen atoms in total. The molecule has 0 saturated carbocycles. The Hall–Kier alpha value is -4.14. The van der Waals surface area contributed by atoms with Crippen molar-refractivity contribution in [2.75, 3.05) is 26.2 Å². The number of nitro groups is 6. The highest BCUT2D eigenvalue weighted by Crippen LogP contribution is 2.17. The number of rotatable bonds is 13. The summed E-state index contributed by atoms with van der Waals surface area (Å²) in [5, 5.41) is 58.8. The van der Waals surface area contributed by atoms with Crippen molar-refractivity contribution in [3.8, 4) is 0 Å². The van der Waals surface area contributed by atoms with Gasteiger partial charge in [0.05, 0.1) is 0 Å². The summed E-state index contributed by atoms with van der Waals surface area (Å²) in [4.78, 5) is 54.7. The smallest absolute Gasteiger partial charge is 0.256 e. The van der Waals surface area contributed by atoms with Gasteiger partial charge in [-0.2, -0.15) is 0 Å². The van der Waals surface area contributed by atoms with Gasteiger partial charge in [-0.15, -0.1) is 10.0 Å². The van der Waals surface area contributed by atoms with Crippen molar-refractivity contribution >= 4 is 0 Å². The minimum absolute atomic E-state index is 0.569. The number of hydrazine groups is 2. The quantitative estimate of drug-likeness (QED) is 0.139. The van der Waals surface area contributed by atoms with E-state index >= 15 is 0 Å². The van der Waals surface area contributed by atoms with Gasteiger partial charge in [0.15, 0.2) is 10.1 Å². The Balaban J connectivity index is 5.52. The lowest BCUT2D eigenvalue weighted by molar-refractivity contribution is -0.843. The van der Waals surface area contributed by atoms with Crippen molar-refractivity contribution in [2.45, 2.75) is 11.8 Å². The lowest BCUT2D eigenvalue weighted by Crippen LogP contribution is -2.56. The molecule has 0 fully saturated rings. The number of halogens is 2. The molecule has 28 heavy (non-hydrogen) atoms. The van der Waals surface area contributed by atoms with Crippen LogP contribution in [0.25, 0.3) is 0 Å². The largest absolute Gasteiger partial charge is 0.637 e. The Kier molecular flexibility index (Phi) is 7.24. The molecule has 0 saturated heterocycles. The molecule has 0 aliphatic rings. The van der Waals surface area contributed by atoms with Crippen LogP contribution in [0.2, 0.25) is 0 Å². The third-order valence-corrected chi connectivity index (χ3v) is 2.96. The summed E-state index contributed by atoms with van der Waals surface area (Å²) in [5.41, 5.74) is 0. The fourth-order valence-electron chi connectivity index (χ4n) is 1.50. The Morgan fingerprint density at radius 1 is 0.571 bits per heavy atom. The van der Waals surface area contributed by atoms with E-state index in [-0.39, 0.29) is 0 Å². The van der Waals surface area contributed by atoms with Crippen LogP contribution in [-0.4, -0.2) is 77.8 Å². The average molecular weight is 422 g/mol. The van der Waals surface area contributed by atoms with Crippen LogP contribution in [0.15, 0.2) is 0 Å². The molecule has 0 heterocycles. The maximum absolute atomic E-state index is 13.7. The van der Waals surface area contributed by atoms with Gasteiger partial charge in [-0.3, -0.25) is 40.5 Å². The third kappa shape index (κ3) is 5.18. The molecule has 0 aromatic carbocycles. The van der Waals surface area contributed by atoms with Gasteiger partial charge in [0.1, 0.15) is 32.8 Å². The van der Waals surface area contributed by atoms with Crippen molar-refractivity contribution in [1.82, 2.24) is 10.0 Å². The van der Waals surface area contributed by atoms with Crippen LogP contribution in [-0.2, 0) is 0 Å². The van der Waals surface area contributed by atoms with Crippen LogP contribution in [0.4, 0.5) is 8.78 Å². The maximum atomic E-state index is 13.7. The summed E-state index contributed by atoms with van der Waals surface area (Å²) < 4.78 is 27.4. The molecule has 22 heteroatoms. The van der Waals surface area contributed by atoms with Crippen LogP contribution in [0, 0.1) is 60.7 Å². The van der Waals surface area contributed by atoms with Crippen molar-refractivity contribution in [3.63, 3.8) is 0 Å². The average Bonchev–Trinajstić information content (AvgIpc) is 2.55. The molecule has 0 unspecified atom stereocenters. The summed E-state index contributed by atoms with van der Waals surface area (Å²) in [7, 11) is 0. The molecule has 0 aliphatic heterocycles. The normalized spacial score (nSPS) is 11.4. The van der Waals surface area contributed by atoms with Gasteiger partial charge in [0, 0.05) is 0 Å². The minimum Gasteiger partial charge on any atom is -0.256 e. The Bertz CT molecular complexity index is 616. The first-order chi connectivity index (χ1) is 12.6. The molecule has 158 valence electrons. The fraction of sp³-hybridized carbons (Fsp3) is 1.00. The Labute approximate surface area is 148 Å². The van der Waals surface area contributed by atoms with E-state index in [1.165, 1.54) is 0 Å². The third-order valence-electron chi connectivity index (χ3n) is 2.96. The second kappa shape index (κ2) is 8.49. The van der Waals surface area contributed by atoms with E-state index in [9.17, 15) is 69.5 Å². The molecule has 0 N–H and O–H groups in total. The molecule has 0 spiro atoms. The molecule has 0 amide bonds. The molecule has 0 aliphatic carbocycles. The molecular weight excluding hydrogens is 414 g/mol. The zero-order chi connectivity index (χ0) is 22.4. The van der Waals surface area contributed by atoms with Gasteiger partial charge in [-0.05, 0) is 0 Å². The van der Waals surface area contributed by atoms with Crippen molar-refractivity contribution in [2.24, 2.45) is 0 Å². The summed E-state index contributed by atoms with van der Waals surface area (Å²) >= 11 is 0. The maximum Gasteiger partial charge on any atom is 0.637 e. The molecule has 0 atom stereocenters. The summed E-state index contributed by atoms with van der Waals surface area (Å²) in [6, 6.07) is 0.